The number of hydrogen-bond donors (Lipinski definition) is 0. The van der Waals surface area contributed by atoms with Crippen LogP contribution in [0.4, 0.5) is 5.82 Å². The number of rotatable bonds is 4. The number of aryl methyl sites for hydroxylation is 2. The zero-order valence-corrected chi connectivity index (χ0v) is 17.2. The Hall–Kier alpha value is -2.92. The van der Waals surface area contributed by atoms with Gasteiger partial charge in [-0.05, 0) is 49.7 Å². The third-order valence-corrected chi connectivity index (χ3v) is 5.22. The normalized spacial score (nSPS) is 11.0. The van der Waals surface area contributed by atoms with Gasteiger partial charge in [-0.15, -0.1) is 0 Å². The number of benzene rings is 2. The van der Waals surface area contributed by atoms with E-state index in [1.54, 1.807) is 11.1 Å². The molecule has 4 rings (SSSR count). The molecule has 5 heteroatoms. The molecule has 28 heavy (non-hydrogen) atoms. The van der Waals surface area contributed by atoms with Gasteiger partial charge in [-0.25, -0.2) is 4.98 Å². The minimum absolute atomic E-state index is 0.205. The molecule has 2 aromatic heterocycles. The molecular formula is C23H19BrN2O2. The van der Waals surface area contributed by atoms with Gasteiger partial charge < -0.3 is 4.42 Å². The highest BCUT2D eigenvalue weighted by Gasteiger charge is 2.25. The number of halogens is 1. The predicted molar refractivity (Wildman–Crippen MR) is 115 cm³/mol. The summed E-state index contributed by atoms with van der Waals surface area (Å²) in [6.45, 7) is 4.37. The van der Waals surface area contributed by atoms with Crippen molar-refractivity contribution in [2.45, 2.75) is 20.4 Å². The van der Waals surface area contributed by atoms with Gasteiger partial charge in [0.2, 0.25) is 0 Å². The highest BCUT2D eigenvalue weighted by molar-refractivity contribution is 9.10. The molecule has 2 heterocycles. The zero-order chi connectivity index (χ0) is 19.7. The van der Waals surface area contributed by atoms with Gasteiger partial charge in [0.25, 0.3) is 5.91 Å². The zero-order valence-electron chi connectivity index (χ0n) is 15.6. The van der Waals surface area contributed by atoms with Crippen molar-refractivity contribution in [1.82, 2.24) is 4.98 Å². The Bertz CT molecular complexity index is 1130. The molecule has 0 aliphatic carbocycles. The number of fused-ring (bicyclic) bond motifs is 1. The van der Waals surface area contributed by atoms with Gasteiger partial charge >= 0.3 is 0 Å². The second kappa shape index (κ2) is 7.60. The van der Waals surface area contributed by atoms with Crippen molar-refractivity contribution in [2.24, 2.45) is 0 Å². The summed E-state index contributed by atoms with van der Waals surface area (Å²) in [4.78, 5) is 19.5. The number of amides is 1. The summed E-state index contributed by atoms with van der Waals surface area (Å²) in [5.74, 6) is 0.726. The molecule has 0 aliphatic rings. The van der Waals surface area contributed by atoms with Crippen LogP contribution in [0.5, 0.6) is 0 Å². The van der Waals surface area contributed by atoms with Gasteiger partial charge in [-0.2, -0.15) is 0 Å². The van der Waals surface area contributed by atoms with E-state index < -0.39 is 0 Å². The van der Waals surface area contributed by atoms with Crippen molar-refractivity contribution >= 4 is 38.6 Å². The average Bonchev–Trinajstić information content (AvgIpc) is 3.03. The van der Waals surface area contributed by atoms with E-state index in [-0.39, 0.29) is 5.91 Å². The number of pyridine rings is 1. The van der Waals surface area contributed by atoms with E-state index in [1.165, 1.54) is 5.56 Å². The maximum absolute atomic E-state index is 13.5. The molecule has 0 N–H and O–H groups in total. The first kappa shape index (κ1) is 18.4. The van der Waals surface area contributed by atoms with Crippen LogP contribution in [0.15, 0.2) is 75.8 Å². The molecule has 140 valence electrons. The number of hydrogen-bond acceptors (Lipinski definition) is 3. The fourth-order valence-electron chi connectivity index (χ4n) is 3.17. The van der Waals surface area contributed by atoms with Crippen LogP contribution in [-0.2, 0) is 6.54 Å². The van der Waals surface area contributed by atoms with Crippen LogP contribution in [0.1, 0.15) is 27.2 Å². The molecule has 0 saturated heterocycles. The summed E-state index contributed by atoms with van der Waals surface area (Å²) >= 11 is 3.45. The van der Waals surface area contributed by atoms with E-state index in [1.807, 2.05) is 74.5 Å². The first-order chi connectivity index (χ1) is 13.5. The van der Waals surface area contributed by atoms with Crippen molar-refractivity contribution in [2.75, 3.05) is 4.90 Å². The molecule has 0 atom stereocenters. The van der Waals surface area contributed by atoms with Gasteiger partial charge in [0, 0.05) is 21.6 Å². The molecule has 0 aliphatic heterocycles. The molecule has 0 bridgehead atoms. The summed E-state index contributed by atoms with van der Waals surface area (Å²) in [6, 6.07) is 19.5. The van der Waals surface area contributed by atoms with E-state index in [0.29, 0.717) is 23.7 Å². The van der Waals surface area contributed by atoms with Gasteiger partial charge in [0.05, 0.1) is 6.54 Å². The van der Waals surface area contributed by atoms with Crippen molar-refractivity contribution in [3.05, 3.63) is 93.8 Å². The largest absolute Gasteiger partial charge is 0.451 e. The van der Waals surface area contributed by atoms with Crippen LogP contribution in [0.2, 0.25) is 0 Å². The maximum Gasteiger partial charge on any atom is 0.295 e. The van der Waals surface area contributed by atoms with Crippen LogP contribution < -0.4 is 4.90 Å². The monoisotopic (exact) mass is 434 g/mol. The molecule has 0 fully saturated rings. The number of carbonyl (C=O) groups is 1. The number of carbonyl (C=O) groups excluding carboxylic acids is 1. The standard InChI is InChI=1S/C23H19BrN2O2/c1-15-6-8-17(9-7-15)14-26(21-5-3-4-12-25-21)23(27)22-16(2)19-11-10-18(24)13-20(19)28-22/h3-13H,14H2,1-2H3. The van der Waals surface area contributed by atoms with Crippen molar-refractivity contribution in [1.29, 1.82) is 0 Å². The molecule has 4 aromatic rings. The topological polar surface area (TPSA) is 46.3 Å². The lowest BCUT2D eigenvalue weighted by molar-refractivity contribution is 0.0959. The van der Waals surface area contributed by atoms with Crippen LogP contribution in [0.25, 0.3) is 11.0 Å². The van der Waals surface area contributed by atoms with E-state index in [9.17, 15) is 4.79 Å². The fourth-order valence-corrected chi connectivity index (χ4v) is 3.51. The summed E-state index contributed by atoms with van der Waals surface area (Å²) < 4.78 is 6.86. The Labute approximate surface area is 171 Å². The lowest BCUT2D eigenvalue weighted by Crippen LogP contribution is -2.31. The SMILES string of the molecule is Cc1ccc(CN(C(=O)c2oc3cc(Br)ccc3c2C)c2ccccn2)cc1. The lowest BCUT2D eigenvalue weighted by Gasteiger charge is -2.21. The molecule has 0 radical (unpaired) electrons. The Morgan fingerprint density at radius 1 is 1.07 bits per heavy atom. The molecule has 4 nitrogen and oxygen atoms in total. The molecule has 1 amide bonds. The number of aromatic nitrogens is 1. The molecule has 0 unspecified atom stereocenters. The van der Waals surface area contributed by atoms with Crippen molar-refractivity contribution in [3.8, 4) is 0 Å². The van der Waals surface area contributed by atoms with E-state index in [0.717, 1.165) is 21.0 Å². The Balaban J connectivity index is 1.76. The van der Waals surface area contributed by atoms with Crippen molar-refractivity contribution < 1.29 is 9.21 Å². The Morgan fingerprint density at radius 3 is 2.57 bits per heavy atom. The quantitative estimate of drug-likeness (QED) is 0.392. The second-order valence-electron chi connectivity index (χ2n) is 6.76. The average molecular weight is 435 g/mol. The molecular weight excluding hydrogens is 416 g/mol. The third kappa shape index (κ3) is 3.58. The highest BCUT2D eigenvalue weighted by Crippen LogP contribution is 2.30. The van der Waals surface area contributed by atoms with Crippen LogP contribution in [0.3, 0.4) is 0 Å². The van der Waals surface area contributed by atoms with Crippen LogP contribution in [-0.4, -0.2) is 10.9 Å². The number of nitrogens with zero attached hydrogens (tertiary/aromatic N) is 2. The maximum atomic E-state index is 13.5. The molecule has 0 saturated carbocycles. The number of anilines is 1. The fraction of sp³-hybridized carbons (Fsp3) is 0.130. The predicted octanol–water partition coefficient (Wildman–Crippen LogP) is 6.05. The van der Waals surface area contributed by atoms with Crippen LogP contribution in [0, 0.1) is 13.8 Å². The molecule has 0 spiro atoms. The van der Waals surface area contributed by atoms with E-state index in [4.69, 9.17) is 4.42 Å². The Kier molecular flexibility index (Phi) is 5.01. The minimum atomic E-state index is -0.205. The van der Waals surface area contributed by atoms with Gasteiger partial charge in [-0.1, -0.05) is 51.8 Å². The minimum Gasteiger partial charge on any atom is -0.451 e. The van der Waals surface area contributed by atoms with Crippen LogP contribution >= 0.6 is 15.9 Å². The summed E-state index contributed by atoms with van der Waals surface area (Å²) in [5.41, 5.74) is 3.73. The van der Waals surface area contributed by atoms with Gasteiger partial charge in [0.15, 0.2) is 5.76 Å². The summed E-state index contributed by atoms with van der Waals surface area (Å²) in [5, 5.41) is 0.933. The van der Waals surface area contributed by atoms with Gasteiger partial charge in [-0.3, -0.25) is 9.69 Å². The van der Waals surface area contributed by atoms with Crippen molar-refractivity contribution in [3.63, 3.8) is 0 Å². The first-order valence-corrected chi connectivity index (χ1v) is 9.79. The van der Waals surface area contributed by atoms with Gasteiger partial charge in [0.1, 0.15) is 11.4 Å². The Morgan fingerprint density at radius 2 is 1.86 bits per heavy atom. The third-order valence-electron chi connectivity index (χ3n) is 4.73. The summed E-state index contributed by atoms with van der Waals surface area (Å²) in [6.07, 6.45) is 1.69. The number of furan rings is 1. The van der Waals surface area contributed by atoms with E-state index >= 15 is 0 Å². The highest BCUT2D eigenvalue weighted by atomic mass is 79.9. The molecule has 2 aromatic carbocycles. The second-order valence-corrected chi connectivity index (χ2v) is 7.68. The summed E-state index contributed by atoms with van der Waals surface area (Å²) in [7, 11) is 0. The smallest absolute Gasteiger partial charge is 0.295 e. The van der Waals surface area contributed by atoms with E-state index in [2.05, 4.69) is 20.9 Å². The first-order valence-electron chi connectivity index (χ1n) is 9.00. The lowest BCUT2D eigenvalue weighted by atomic mass is 10.1.